The van der Waals surface area contributed by atoms with Gasteiger partial charge in [0.05, 0.1) is 0 Å². The third-order valence-electron chi connectivity index (χ3n) is 5.82. The standard InChI is InChI=1S/C17H34N2/c1-17(2)11-6-8-15(10-12-17)19(3)16-9-5-4-7-14(16)13-18/h14-16H,4-13,18H2,1-3H3. The highest BCUT2D eigenvalue weighted by molar-refractivity contribution is 4.88. The molecule has 2 aliphatic rings. The highest BCUT2D eigenvalue weighted by atomic mass is 15.2. The van der Waals surface area contributed by atoms with E-state index in [2.05, 4.69) is 25.8 Å². The van der Waals surface area contributed by atoms with Crippen molar-refractivity contribution >= 4 is 0 Å². The highest BCUT2D eigenvalue weighted by Gasteiger charge is 2.33. The maximum atomic E-state index is 6.01. The molecule has 2 aliphatic carbocycles. The number of hydrogen-bond donors (Lipinski definition) is 1. The van der Waals surface area contributed by atoms with Crippen LogP contribution in [0.1, 0.15) is 71.6 Å². The van der Waals surface area contributed by atoms with E-state index in [4.69, 9.17) is 5.73 Å². The third-order valence-corrected chi connectivity index (χ3v) is 5.82. The van der Waals surface area contributed by atoms with Gasteiger partial charge in [0, 0.05) is 12.1 Å². The van der Waals surface area contributed by atoms with Crippen LogP contribution in [0.15, 0.2) is 0 Å². The first-order valence-electron chi connectivity index (χ1n) is 8.45. The lowest BCUT2D eigenvalue weighted by Crippen LogP contribution is -2.47. The second-order valence-electron chi connectivity index (χ2n) is 7.76. The van der Waals surface area contributed by atoms with Gasteiger partial charge in [0.15, 0.2) is 0 Å². The monoisotopic (exact) mass is 266 g/mol. The lowest BCUT2D eigenvalue weighted by Gasteiger charge is -2.41. The highest BCUT2D eigenvalue weighted by Crippen LogP contribution is 2.37. The van der Waals surface area contributed by atoms with Crippen LogP contribution in [0.25, 0.3) is 0 Å². The average Bonchev–Trinajstić information content (AvgIpc) is 2.59. The molecule has 2 nitrogen and oxygen atoms in total. The van der Waals surface area contributed by atoms with Gasteiger partial charge in [-0.25, -0.2) is 0 Å². The van der Waals surface area contributed by atoms with Gasteiger partial charge in [0.25, 0.3) is 0 Å². The van der Waals surface area contributed by atoms with Crippen molar-refractivity contribution in [2.45, 2.75) is 83.7 Å². The maximum absolute atomic E-state index is 6.01. The van der Waals surface area contributed by atoms with Crippen LogP contribution in [-0.2, 0) is 0 Å². The van der Waals surface area contributed by atoms with E-state index in [1.807, 2.05) is 0 Å². The Morgan fingerprint density at radius 1 is 1.00 bits per heavy atom. The first-order chi connectivity index (χ1) is 9.03. The fraction of sp³-hybridized carbons (Fsp3) is 1.00. The molecule has 3 atom stereocenters. The van der Waals surface area contributed by atoms with E-state index in [0.717, 1.165) is 24.5 Å². The Morgan fingerprint density at radius 3 is 2.47 bits per heavy atom. The second kappa shape index (κ2) is 6.58. The first kappa shape index (κ1) is 15.3. The fourth-order valence-electron chi connectivity index (χ4n) is 4.32. The molecule has 2 N–H and O–H groups in total. The number of rotatable bonds is 3. The summed E-state index contributed by atoms with van der Waals surface area (Å²) in [5, 5.41) is 0. The quantitative estimate of drug-likeness (QED) is 0.787. The van der Waals surface area contributed by atoms with E-state index in [-0.39, 0.29) is 0 Å². The predicted molar refractivity (Wildman–Crippen MR) is 83.2 cm³/mol. The summed E-state index contributed by atoms with van der Waals surface area (Å²) in [6.45, 7) is 5.77. The van der Waals surface area contributed by atoms with Gasteiger partial charge >= 0.3 is 0 Å². The Kier molecular flexibility index (Phi) is 5.30. The van der Waals surface area contributed by atoms with E-state index >= 15 is 0 Å². The molecule has 2 rings (SSSR count). The second-order valence-corrected chi connectivity index (χ2v) is 7.76. The molecule has 19 heavy (non-hydrogen) atoms. The van der Waals surface area contributed by atoms with Crippen LogP contribution in [-0.4, -0.2) is 30.6 Å². The van der Waals surface area contributed by atoms with Crippen molar-refractivity contribution in [3.05, 3.63) is 0 Å². The predicted octanol–water partition coefficient (Wildman–Crippen LogP) is 3.79. The summed E-state index contributed by atoms with van der Waals surface area (Å²) < 4.78 is 0. The summed E-state index contributed by atoms with van der Waals surface area (Å²) in [4.78, 5) is 2.72. The molecule has 2 saturated carbocycles. The Labute approximate surface area is 120 Å². The van der Waals surface area contributed by atoms with E-state index < -0.39 is 0 Å². The molecule has 112 valence electrons. The van der Waals surface area contributed by atoms with Gasteiger partial charge in [-0.3, -0.25) is 0 Å². The third kappa shape index (κ3) is 3.95. The SMILES string of the molecule is CN(C1CCCC(C)(C)CC1)C1CCCCC1CN. The summed E-state index contributed by atoms with van der Waals surface area (Å²) in [6.07, 6.45) is 12.5. The number of nitrogens with zero attached hydrogens (tertiary/aromatic N) is 1. The van der Waals surface area contributed by atoms with Crippen molar-refractivity contribution in [1.29, 1.82) is 0 Å². The van der Waals surface area contributed by atoms with Crippen LogP contribution in [0.2, 0.25) is 0 Å². The van der Waals surface area contributed by atoms with Crippen LogP contribution in [0.4, 0.5) is 0 Å². The molecule has 0 amide bonds. The van der Waals surface area contributed by atoms with Crippen LogP contribution >= 0.6 is 0 Å². The zero-order chi connectivity index (χ0) is 13.9. The van der Waals surface area contributed by atoms with Crippen molar-refractivity contribution in [3.8, 4) is 0 Å². The van der Waals surface area contributed by atoms with Crippen molar-refractivity contribution < 1.29 is 0 Å². The Hall–Kier alpha value is -0.0800. The molecule has 0 saturated heterocycles. The van der Waals surface area contributed by atoms with Crippen LogP contribution in [0, 0.1) is 11.3 Å². The van der Waals surface area contributed by atoms with E-state index in [9.17, 15) is 0 Å². The normalized spacial score (nSPS) is 36.2. The van der Waals surface area contributed by atoms with E-state index in [0.29, 0.717) is 5.41 Å². The largest absolute Gasteiger partial charge is 0.330 e. The molecule has 0 heterocycles. The molecule has 3 unspecified atom stereocenters. The Morgan fingerprint density at radius 2 is 1.74 bits per heavy atom. The molecule has 0 aliphatic heterocycles. The fourth-order valence-corrected chi connectivity index (χ4v) is 4.32. The number of hydrogen-bond acceptors (Lipinski definition) is 2. The van der Waals surface area contributed by atoms with Crippen LogP contribution in [0.3, 0.4) is 0 Å². The van der Waals surface area contributed by atoms with Crippen molar-refractivity contribution in [3.63, 3.8) is 0 Å². The molecular formula is C17H34N2. The van der Waals surface area contributed by atoms with E-state index in [1.165, 1.54) is 57.8 Å². The maximum Gasteiger partial charge on any atom is 0.0135 e. The van der Waals surface area contributed by atoms with Gasteiger partial charge in [0.1, 0.15) is 0 Å². The van der Waals surface area contributed by atoms with Gasteiger partial charge in [0.2, 0.25) is 0 Å². The summed E-state index contributed by atoms with van der Waals surface area (Å²) in [7, 11) is 2.38. The lowest BCUT2D eigenvalue weighted by atomic mass is 9.82. The molecule has 0 bridgehead atoms. The summed E-state index contributed by atoms with van der Waals surface area (Å²) >= 11 is 0. The Bertz CT molecular complexity index is 274. The minimum absolute atomic E-state index is 0.565. The molecule has 0 aromatic rings. The van der Waals surface area contributed by atoms with Crippen molar-refractivity contribution in [2.24, 2.45) is 17.1 Å². The van der Waals surface area contributed by atoms with Gasteiger partial charge < -0.3 is 10.6 Å². The van der Waals surface area contributed by atoms with Crippen LogP contribution in [0.5, 0.6) is 0 Å². The molecule has 2 heteroatoms. The molecule has 0 aromatic carbocycles. The molecule has 0 radical (unpaired) electrons. The van der Waals surface area contributed by atoms with Crippen molar-refractivity contribution in [2.75, 3.05) is 13.6 Å². The Balaban J connectivity index is 1.96. The molecule has 0 aromatic heterocycles. The average molecular weight is 266 g/mol. The zero-order valence-corrected chi connectivity index (χ0v) is 13.3. The summed E-state index contributed by atoms with van der Waals surface area (Å²) in [6, 6.07) is 1.56. The molecular weight excluding hydrogens is 232 g/mol. The first-order valence-corrected chi connectivity index (χ1v) is 8.45. The van der Waals surface area contributed by atoms with Gasteiger partial charge in [-0.05, 0) is 63.5 Å². The van der Waals surface area contributed by atoms with Gasteiger partial charge in [-0.1, -0.05) is 33.1 Å². The summed E-state index contributed by atoms with van der Waals surface area (Å²) in [5.74, 6) is 0.745. The molecule has 0 spiro atoms. The number of nitrogens with two attached hydrogens (primary N) is 1. The topological polar surface area (TPSA) is 29.3 Å². The minimum atomic E-state index is 0.565. The van der Waals surface area contributed by atoms with Gasteiger partial charge in [-0.2, -0.15) is 0 Å². The van der Waals surface area contributed by atoms with Gasteiger partial charge in [-0.15, -0.1) is 0 Å². The van der Waals surface area contributed by atoms with E-state index in [1.54, 1.807) is 0 Å². The lowest BCUT2D eigenvalue weighted by molar-refractivity contribution is 0.0830. The smallest absolute Gasteiger partial charge is 0.0135 e. The molecule has 2 fully saturated rings. The zero-order valence-electron chi connectivity index (χ0n) is 13.3. The van der Waals surface area contributed by atoms with Crippen LogP contribution < -0.4 is 5.73 Å². The summed E-state index contributed by atoms with van der Waals surface area (Å²) in [5.41, 5.74) is 6.57. The minimum Gasteiger partial charge on any atom is -0.330 e. The van der Waals surface area contributed by atoms with Crippen molar-refractivity contribution in [1.82, 2.24) is 4.90 Å².